The fraction of sp³-hybridized carbons (Fsp3) is 0.217. The molecule has 0 bridgehead atoms. The van der Waals surface area contributed by atoms with E-state index < -0.39 is 8.07 Å². The van der Waals surface area contributed by atoms with E-state index in [9.17, 15) is 0 Å². The zero-order chi connectivity index (χ0) is 50.2. The molecule has 0 N–H and O–H groups in total. The Morgan fingerprint density at radius 2 is 1.01 bits per heavy atom. The largest absolute Gasteiger partial charge is 0.376 e. The SMILES string of the molecule is Cc1cc2c(cc1N1c3cc4c(cc3B3c5c1cc1c(sc6ccccc61)c5-c1cccc5c1N3c1ccccc1[Si]51c3ccccc3-c3ccccc31)C(C)(C)c1ccccc1C4(C)C)C(C)(C)CCC2(C)C. The van der Waals surface area contributed by atoms with E-state index in [1.807, 2.05) is 11.3 Å². The average molecular weight is 987 g/mol. The third-order valence-electron chi connectivity index (χ3n) is 19.7. The molecule has 16 rings (SSSR count). The zero-order valence-corrected chi connectivity index (χ0v) is 45.8. The summed E-state index contributed by atoms with van der Waals surface area (Å²) >= 11 is 1.99. The molecular formula is C69H59BN2SSi. The summed E-state index contributed by atoms with van der Waals surface area (Å²) in [6.07, 6.45) is 2.35. The van der Waals surface area contributed by atoms with Gasteiger partial charge in [-0.3, -0.25) is 0 Å². The summed E-state index contributed by atoms with van der Waals surface area (Å²) in [5.41, 5.74) is 24.7. The summed E-state index contributed by atoms with van der Waals surface area (Å²) in [6.45, 7) is 22.1. The van der Waals surface area contributed by atoms with Gasteiger partial charge in [0.05, 0.1) is 0 Å². The van der Waals surface area contributed by atoms with E-state index in [4.69, 9.17) is 0 Å². The second kappa shape index (κ2) is 14.1. The van der Waals surface area contributed by atoms with Crippen molar-refractivity contribution in [3.8, 4) is 22.3 Å². The molecule has 2 aliphatic carbocycles. The highest BCUT2D eigenvalue weighted by Gasteiger charge is 2.58. The highest BCUT2D eigenvalue weighted by Crippen LogP contribution is 2.57. The number of aryl methyl sites for hydroxylation is 1. The van der Waals surface area contributed by atoms with Gasteiger partial charge in [0.2, 0.25) is 0 Å². The van der Waals surface area contributed by atoms with Crippen LogP contribution in [0.25, 0.3) is 42.4 Å². The summed E-state index contributed by atoms with van der Waals surface area (Å²) in [5, 5.41) is 8.70. The molecule has 2 nitrogen and oxygen atoms in total. The van der Waals surface area contributed by atoms with Crippen molar-refractivity contribution in [2.24, 2.45) is 0 Å². The molecular weight excluding hydrogens is 928 g/mol. The van der Waals surface area contributed by atoms with Gasteiger partial charge in [-0.2, -0.15) is 0 Å². The van der Waals surface area contributed by atoms with Crippen LogP contribution in [0.3, 0.4) is 0 Å². The van der Waals surface area contributed by atoms with Gasteiger partial charge in [-0.15, -0.1) is 11.3 Å². The maximum atomic E-state index is 2.87. The molecule has 6 aliphatic rings. The lowest BCUT2D eigenvalue weighted by Crippen LogP contribution is -2.78. The van der Waals surface area contributed by atoms with E-state index in [2.05, 4.69) is 242 Å². The monoisotopic (exact) mass is 986 g/mol. The molecule has 0 unspecified atom stereocenters. The smallest absolute Gasteiger partial charge is 0.333 e. The van der Waals surface area contributed by atoms with Gasteiger partial charge in [0.15, 0.2) is 8.07 Å². The number of nitrogens with zero attached hydrogens (tertiary/aromatic N) is 2. The molecule has 9 aromatic carbocycles. The Morgan fingerprint density at radius 1 is 0.459 bits per heavy atom. The molecule has 0 fully saturated rings. The molecule has 10 aromatic rings. The maximum Gasteiger partial charge on any atom is 0.333 e. The van der Waals surface area contributed by atoms with Gasteiger partial charge < -0.3 is 9.71 Å². The number of fused-ring (bicyclic) bond motifs is 20. The lowest BCUT2D eigenvalue weighted by molar-refractivity contribution is 0.332. The van der Waals surface area contributed by atoms with Crippen molar-refractivity contribution in [3.63, 3.8) is 0 Å². The summed E-state index contributed by atoms with van der Waals surface area (Å²) < 4.78 is 2.74. The molecule has 5 heteroatoms. The minimum Gasteiger partial charge on any atom is -0.376 e. The quantitative estimate of drug-likeness (QED) is 0.151. The molecule has 5 heterocycles. The van der Waals surface area contributed by atoms with Crippen molar-refractivity contribution in [2.75, 3.05) is 9.71 Å². The number of thiophene rings is 1. The standard InChI is InChI=1S/C69H59BN2SSi/c1-40-35-48-49(67(4,5)34-33-66(48,2)3)38-54(40)71-55-39-51-50(68(6,7)46-25-13-14-26-47(46)69(51,8)9)37-52(55)70-63-56(71)36-45-41-21-10-16-28-57(41)73-65(45)62(63)44-24-20-32-61-64(44)72(70)53-27-15-19-31-60(53)74(61)58-29-17-11-22-42(58)43-23-12-18-30-59(43)74/h10-32,35-39H,33-34H2,1-9H3. The highest BCUT2D eigenvalue weighted by molar-refractivity contribution is 7.27. The van der Waals surface area contributed by atoms with Gasteiger partial charge >= 0.3 is 6.85 Å². The number of anilines is 5. The molecule has 74 heavy (non-hydrogen) atoms. The van der Waals surface area contributed by atoms with E-state index in [0.717, 1.165) is 0 Å². The highest BCUT2D eigenvalue weighted by atomic mass is 32.1. The van der Waals surface area contributed by atoms with Crippen molar-refractivity contribution in [2.45, 2.75) is 96.8 Å². The molecule has 1 aromatic heterocycles. The first-order chi connectivity index (χ1) is 35.6. The van der Waals surface area contributed by atoms with Crippen LogP contribution in [0.4, 0.5) is 28.4 Å². The first-order valence-corrected chi connectivity index (χ1v) is 29.9. The van der Waals surface area contributed by atoms with Crippen LogP contribution in [0.5, 0.6) is 0 Å². The maximum absolute atomic E-state index is 2.87. The van der Waals surface area contributed by atoms with Gasteiger partial charge in [-0.1, -0.05) is 195 Å². The minimum absolute atomic E-state index is 0.0388. The van der Waals surface area contributed by atoms with Crippen LogP contribution in [0, 0.1) is 6.92 Å². The van der Waals surface area contributed by atoms with Crippen molar-refractivity contribution in [1.82, 2.24) is 0 Å². The van der Waals surface area contributed by atoms with E-state index in [-0.39, 0.29) is 28.5 Å². The predicted molar refractivity (Wildman–Crippen MR) is 320 cm³/mol. The van der Waals surface area contributed by atoms with Crippen LogP contribution in [0.1, 0.15) is 107 Å². The molecule has 4 aliphatic heterocycles. The Labute approximate surface area is 441 Å². The van der Waals surface area contributed by atoms with Gasteiger partial charge in [-0.25, -0.2) is 0 Å². The second-order valence-corrected chi connectivity index (χ2v) is 29.7. The third kappa shape index (κ3) is 5.09. The molecule has 0 amide bonds. The summed E-state index contributed by atoms with van der Waals surface area (Å²) in [7, 11) is -2.87. The topological polar surface area (TPSA) is 6.48 Å². The van der Waals surface area contributed by atoms with E-state index >= 15 is 0 Å². The first kappa shape index (κ1) is 43.5. The molecule has 1 spiro atoms. The van der Waals surface area contributed by atoms with Crippen molar-refractivity contribution < 1.29 is 0 Å². The lowest BCUT2D eigenvalue weighted by Gasteiger charge is -2.53. The van der Waals surface area contributed by atoms with Crippen LogP contribution in [0.2, 0.25) is 0 Å². The second-order valence-electron chi connectivity index (χ2n) is 25.0. The average Bonchev–Trinajstić information content (AvgIpc) is 3.95. The number of hydrogen-bond acceptors (Lipinski definition) is 3. The van der Waals surface area contributed by atoms with Crippen LogP contribution in [-0.4, -0.2) is 14.9 Å². The number of para-hydroxylation sites is 2. The Hall–Kier alpha value is -6.92. The normalized spacial score (nSPS) is 18.4. The fourth-order valence-electron chi connectivity index (χ4n) is 15.9. The van der Waals surface area contributed by atoms with Gasteiger partial charge in [0, 0.05) is 70.6 Å². The Kier molecular flexibility index (Phi) is 8.26. The van der Waals surface area contributed by atoms with Crippen molar-refractivity contribution >= 4 is 107 Å². The summed E-state index contributed by atoms with van der Waals surface area (Å²) in [6, 6.07) is 67.8. The zero-order valence-electron chi connectivity index (χ0n) is 44.0. The summed E-state index contributed by atoms with van der Waals surface area (Å²) in [4.78, 5) is 5.65. The van der Waals surface area contributed by atoms with Crippen LogP contribution >= 0.6 is 11.3 Å². The van der Waals surface area contributed by atoms with Crippen LogP contribution in [0.15, 0.2) is 170 Å². The van der Waals surface area contributed by atoms with Gasteiger partial charge in [-0.05, 0) is 143 Å². The molecule has 358 valence electrons. The Balaban J connectivity index is 1.10. The first-order valence-electron chi connectivity index (χ1n) is 27.1. The molecule has 0 saturated heterocycles. The molecule has 0 atom stereocenters. The Bertz CT molecular complexity index is 4160. The van der Waals surface area contributed by atoms with Crippen LogP contribution in [-0.2, 0) is 21.7 Å². The number of rotatable bonds is 1. The van der Waals surface area contributed by atoms with Crippen molar-refractivity contribution in [1.29, 1.82) is 0 Å². The fourth-order valence-corrected chi connectivity index (χ4v) is 22.7. The van der Waals surface area contributed by atoms with E-state index in [1.54, 1.807) is 0 Å². The van der Waals surface area contributed by atoms with E-state index in [0.29, 0.717) is 0 Å². The van der Waals surface area contributed by atoms with Crippen LogP contribution < -0.4 is 41.4 Å². The van der Waals surface area contributed by atoms with Gasteiger partial charge in [0.25, 0.3) is 0 Å². The Morgan fingerprint density at radius 3 is 1.72 bits per heavy atom. The number of hydrogen-bond donors (Lipinski definition) is 0. The lowest BCUT2D eigenvalue weighted by atomic mass is 9.42. The molecule has 0 radical (unpaired) electrons. The van der Waals surface area contributed by atoms with Crippen molar-refractivity contribution in [3.05, 3.63) is 209 Å². The third-order valence-corrected chi connectivity index (χ3v) is 25.8. The minimum atomic E-state index is -2.87. The molecule has 0 saturated carbocycles. The predicted octanol–water partition coefficient (Wildman–Crippen LogP) is 14.1. The summed E-state index contributed by atoms with van der Waals surface area (Å²) in [5.74, 6) is 0. The number of benzene rings is 9. The van der Waals surface area contributed by atoms with E-state index in [1.165, 1.54) is 154 Å². The van der Waals surface area contributed by atoms with Gasteiger partial charge in [0.1, 0.15) is 0 Å².